The molecular formula is C11H21NS2. The van der Waals surface area contributed by atoms with Crippen LogP contribution in [0, 0.1) is 0 Å². The van der Waals surface area contributed by atoms with Gasteiger partial charge in [0, 0.05) is 17.3 Å². The molecule has 2 aliphatic heterocycles. The Balaban J connectivity index is 1.70. The highest BCUT2D eigenvalue weighted by Crippen LogP contribution is 2.37. The lowest BCUT2D eigenvalue weighted by Crippen LogP contribution is -2.41. The second-order valence-corrected chi connectivity index (χ2v) is 7.58. The first-order valence-electron chi connectivity index (χ1n) is 5.74. The Hall–Kier alpha value is 0.660. The van der Waals surface area contributed by atoms with Crippen LogP contribution in [-0.2, 0) is 0 Å². The van der Waals surface area contributed by atoms with Crippen molar-refractivity contribution in [2.45, 2.75) is 43.4 Å². The molecule has 3 heteroatoms. The molecule has 0 aromatic carbocycles. The largest absolute Gasteiger partial charge is 0.313 e. The van der Waals surface area contributed by atoms with Gasteiger partial charge in [-0.3, -0.25) is 0 Å². The van der Waals surface area contributed by atoms with Gasteiger partial charge in [0.1, 0.15) is 0 Å². The predicted molar refractivity (Wildman–Crippen MR) is 68.4 cm³/mol. The van der Waals surface area contributed by atoms with Gasteiger partial charge in [-0.25, -0.2) is 0 Å². The zero-order valence-electron chi connectivity index (χ0n) is 9.05. The summed E-state index contributed by atoms with van der Waals surface area (Å²) in [7, 11) is 0. The summed E-state index contributed by atoms with van der Waals surface area (Å²) in [4.78, 5) is 0. The lowest BCUT2D eigenvalue weighted by Gasteiger charge is -2.29. The molecule has 0 aromatic heterocycles. The van der Waals surface area contributed by atoms with Crippen molar-refractivity contribution < 1.29 is 0 Å². The molecule has 2 heterocycles. The summed E-state index contributed by atoms with van der Waals surface area (Å²) < 4.78 is 0.546. The van der Waals surface area contributed by atoms with Crippen LogP contribution in [0.5, 0.6) is 0 Å². The lowest BCUT2D eigenvalue weighted by atomic mass is 10.0. The first-order valence-corrected chi connectivity index (χ1v) is 7.88. The smallest absolute Gasteiger partial charge is 0.0256 e. The van der Waals surface area contributed by atoms with Crippen molar-refractivity contribution in [2.24, 2.45) is 0 Å². The first kappa shape index (κ1) is 11.2. The molecule has 1 N–H and O–H groups in total. The molecule has 0 spiro atoms. The van der Waals surface area contributed by atoms with Crippen LogP contribution in [0.2, 0.25) is 0 Å². The van der Waals surface area contributed by atoms with Gasteiger partial charge in [0.15, 0.2) is 0 Å². The van der Waals surface area contributed by atoms with Gasteiger partial charge in [-0.05, 0) is 49.9 Å². The third-order valence-corrected chi connectivity index (χ3v) is 5.87. The Morgan fingerprint density at radius 2 is 2.07 bits per heavy atom. The summed E-state index contributed by atoms with van der Waals surface area (Å²) >= 11 is 4.28. The second-order valence-electron chi connectivity index (χ2n) is 4.67. The summed E-state index contributed by atoms with van der Waals surface area (Å²) in [6.45, 7) is 3.66. The summed E-state index contributed by atoms with van der Waals surface area (Å²) in [6.07, 6.45) is 5.59. The maximum Gasteiger partial charge on any atom is 0.0256 e. The van der Waals surface area contributed by atoms with E-state index < -0.39 is 0 Å². The van der Waals surface area contributed by atoms with E-state index in [1.54, 1.807) is 0 Å². The monoisotopic (exact) mass is 231 g/mol. The molecule has 0 amide bonds. The van der Waals surface area contributed by atoms with Gasteiger partial charge in [-0.1, -0.05) is 0 Å². The highest BCUT2D eigenvalue weighted by molar-refractivity contribution is 8.00. The quantitative estimate of drug-likeness (QED) is 0.802. The highest BCUT2D eigenvalue weighted by Gasteiger charge is 2.29. The third-order valence-electron chi connectivity index (χ3n) is 3.29. The highest BCUT2D eigenvalue weighted by atomic mass is 32.2. The number of hydrogen-bond donors (Lipinski definition) is 1. The van der Waals surface area contributed by atoms with E-state index in [0.29, 0.717) is 4.75 Å². The fourth-order valence-electron chi connectivity index (χ4n) is 2.24. The zero-order chi connectivity index (χ0) is 9.86. The molecule has 1 unspecified atom stereocenters. The minimum absolute atomic E-state index is 0.546. The Kier molecular flexibility index (Phi) is 4.09. The average Bonchev–Trinajstić information content (AvgIpc) is 2.65. The van der Waals surface area contributed by atoms with E-state index in [1.165, 1.54) is 49.5 Å². The van der Waals surface area contributed by atoms with E-state index in [9.17, 15) is 0 Å². The minimum Gasteiger partial charge on any atom is -0.313 e. The van der Waals surface area contributed by atoms with Crippen molar-refractivity contribution >= 4 is 23.5 Å². The average molecular weight is 231 g/mol. The first-order chi connectivity index (χ1) is 6.79. The summed E-state index contributed by atoms with van der Waals surface area (Å²) in [6, 6.07) is 0.814. The van der Waals surface area contributed by atoms with E-state index >= 15 is 0 Å². The van der Waals surface area contributed by atoms with Gasteiger partial charge in [0.05, 0.1) is 0 Å². The van der Waals surface area contributed by atoms with Crippen molar-refractivity contribution in [3.05, 3.63) is 0 Å². The fourth-order valence-corrected chi connectivity index (χ4v) is 4.60. The van der Waals surface area contributed by atoms with Crippen molar-refractivity contribution in [1.29, 1.82) is 0 Å². The molecule has 2 aliphatic rings. The van der Waals surface area contributed by atoms with Crippen LogP contribution >= 0.6 is 23.5 Å². The van der Waals surface area contributed by atoms with E-state index in [-0.39, 0.29) is 0 Å². The standard InChI is InChI=1S/C11H21NS2/c1-11(5-2-6-14-11)9-12-10-3-7-13-8-4-10/h10,12H,2-9H2,1H3. The number of thioether (sulfide) groups is 2. The molecule has 2 saturated heterocycles. The van der Waals surface area contributed by atoms with Crippen LogP contribution in [0.25, 0.3) is 0 Å². The van der Waals surface area contributed by atoms with E-state index in [4.69, 9.17) is 0 Å². The Morgan fingerprint density at radius 1 is 1.29 bits per heavy atom. The van der Waals surface area contributed by atoms with Crippen molar-refractivity contribution in [3.8, 4) is 0 Å². The molecule has 1 atom stereocenters. The molecule has 82 valence electrons. The lowest BCUT2D eigenvalue weighted by molar-refractivity contribution is 0.441. The molecule has 2 fully saturated rings. The molecule has 0 aromatic rings. The van der Waals surface area contributed by atoms with E-state index in [0.717, 1.165) is 6.04 Å². The predicted octanol–water partition coefficient (Wildman–Crippen LogP) is 2.76. The van der Waals surface area contributed by atoms with Gasteiger partial charge in [-0.15, -0.1) is 0 Å². The van der Waals surface area contributed by atoms with Crippen LogP contribution in [0.15, 0.2) is 0 Å². The Morgan fingerprint density at radius 3 is 2.71 bits per heavy atom. The van der Waals surface area contributed by atoms with Gasteiger partial charge in [-0.2, -0.15) is 23.5 Å². The maximum absolute atomic E-state index is 3.77. The molecule has 0 radical (unpaired) electrons. The summed E-state index contributed by atoms with van der Waals surface area (Å²) in [5.74, 6) is 4.10. The van der Waals surface area contributed by atoms with Crippen LogP contribution in [0.4, 0.5) is 0 Å². The summed E-state index contributed by atoms with van der Waals surface area (Å²) in [5.41, 5.74) is 0. The zero-order valence-corrected chi connectivity index (χ0v) is 10.7. The van der Waals surface area contributed by atoms with Gasteiger partial charge in [0.2, 0.25) is 0 Å². The van der Waals surface area contributed by atoms with Crippen LogP contribution in [-0.4, -0.2) is 34.6 Å². The second kappa shape index (κ2) is 5.13. The number of rotatable bonds is 3. The van der Waals surface area contributed by atoms with E-state index in [1.807, 2.05) is 0 Å². The Labute approximate surface area is 96.2 Å². The molecule has 1 nitrogen and oxygen atoms in total. The third kappa shape index (κ3) is 3.07. The van der Waals surface area contributed by atoms with Crippen molar-refractivity contribution in [1.82, 2.24) is 5.32 Å². The van der Waals surface area contributed by atoms with Gasteiger partial charge >= 0.3 is 0 Å². The number of nitrogens with one attached hydrogen (secondary N) is 1. The molecule has 14 heavy (non-hydrogen) atoms. The molecular weight excluding hydrogens is 210 g/mol. The van der Waals surface area contributed by atoms with E-state index in [2.05, 4.69) is 35.8 Å². The maximum atomic E-state index is 3.77. The molecule has 0 aliphatic carbocycles. The normalized spacial score (nSPS) is 34.9. The van der Waals surface area contributed by atoms with Crippen LogP contribution < -0.4 is 5.32 Å². The molecule has 0 bridgehead atoms. The summed E-state index contributed by atoms with van der Waals surface area (Å²) in [5, 5.41) is 3.77. The van der Waals surface area contributed by atoms with Crippen molar-refractivity contribution in [2.75, 3.05) is 23.8 Å². The minimum atomic E-state index is 0.546. The molecule has 0 saturated carbocycles. The SMILES string of the molecule is CC1(CNC2CCSCC2)CCCS1. The Bertz CT molecular complexity index is 172. The van der Waals surface area contributed by atoms with Gasteiger partial charge in [0.25, 0.3) is 0 Å². The fraction of sp³-hybridized carbons (Fsp3) is 1.00. The topological polar surface area (TPSA) is 12.0 Å². The number of hydrogen-bond acceptors (Lipinski definition) is 3. The van der Waals surface area contributed by atoms with Crippen LogP contribution in [0.1, 0.15) is 32.6 Å². The van der Waals surface area contributed by atoms with Crippen molar-refractivity contribution in [3.63, 3.8) is 0 Å². The van der Waals surface area contributed by atoms with Gasteiger partial charge < -0.3 is 5.32 Å². The molecule has 2 rings (SSSR count). The van der Waals surface area contributed by atoms with Crippen LogP contribution in [0.3, 0.4) is 0 Å².